The minimum atomic E-state index is -0.329. The molecule has 2 nitrogen and oxygen atoms in total. The summed E-state index contributed by atoms with van der Waals surface area (Å²) in [7, 11) is 8.34. The van der Waals surface area contributed by atoms with E-state index in [2.05, 4.69) is 14.6 Å². The van der Waals surface area contributed by atoms with Crippen LogP contribution in [0.4, 0.5) is 4.39 Å². The molecule has 0 saturated carbocycles. The maximum atomic E-state index is 12.8. The minimum absolute atomic E-state index is 0.0550. The quantitative estimate of drug-likeness (QED) is 0.562. The molecule has 0 amide bonds. The van der Waals surface area contributed by atoms with Crippen LogP contribution in [-0.2, 0) is 4.74 Å². The average Bonchev–Trinajstić information content (AvgIpc) is 2.46. The van der Waals surface area contributed by atoms with E-state index >= 15 is 0 Å². The molecule has 0 aliphatic carbocycles. The van der Waals surface area contributed by atoms with Crippen molar-refractivity contribution in [2.75, 3.05) is 0 Å². The molecule has 2 radical (unpaired) electrons. The predicted octanol–water partition coefficient (Wildman–Crippen LogP) is 0.828. The largest absolute Gasteiger partial charge is 0.350 e. The van der Waals surface area contributed by atoms with Crippen LogP contribution in [0.2, 0.25) is 0 Å². The molecule has 78 valence electrons. The summed E-state index contributed by atoms with van der Waals surface area (Å²) in [5.41, 5.74) is 1.20. The van der Waals surface area contributed by atoms with Crippen molar-refractivity contribution >= 4 is 22.5 Å². The molecule has 1 heterocycles. The van der Waals surface area contributed by atoms with Crippen LogP contribution in [0.25, 0.3) is 0 Å². The summed E-state index contributed by atoms with van der Waals surface area (Å²) in [4.78, 5) is 0. The average molecular weight is 223 g/mol. The third-order valence-corrected chi connectivity index (χ3v) is 3.27. The molecule has 0 bridgehead atoms. The molecule has 0 aromatic heterocycles. The zero-order valence-corrected chi connectivity index (χ0v) is 9.56. The highest BCUT2D eigenvalue weighted by Gasteiger charge is 2.29. The lowest BCUT2D eigenvalue weighted by atomic mass is 9.89. The van der Waals surface area contributed by atoms with Gasteiger partial charge in [-0.25, -0.2) is 4.39 Å². The van der Waals surface area contributed by atoms with E-state index in [1.807, 2.05) is 6.92 Å². The van der Waals surface area contributed by atoms with E-state index in [0.29, 0.717) is 5.46 Å². The molecule has 2 unspecified atom stereocenters. The first-order chi connectivity index (χ1) is 7.08. The number of ether oxygens (including phenoxy) is 1. The molecule has 2 rings (SSSR count). The molecule has 1 aromatic rings. The van der Waals surface area contributed by atoms with E-state index in [1.54, 1.807) is 6.07 Å². The Morgan fingerprint density at radius 3 is 2.80 bits per heavy atom. The van der Waals surface area contributed by atoms with Gasteiger partial charge in [0.15, 0.2) is 0 Å². The first kappa shape index (κ1) is 11.1. The molecular formula is C10H12BFNOP. The van der Waals surface area contributed by atoms with Crippen molar-refractivity contribution in [3.05, 3.63) is 29.6 Å². The van der Waals surface area contributed by atoms with Gasteiger partial charge in [-0.05, 0) is 24.6 Å². The summed E-state index contributed by atoms with van der Waals surface area (Å²) in [6.07, 6.45) is -0.247. The highest BCUT2D eigenvalue weighted by Crippen LogP contribution is 2.27. The Morgan fingerprint density at radius 2 is 2.27 bits per heavy atom. The van der Waals surface area contributed by atoms with Gasteiger partial charge in [-0.2, -0.15) is 0 Å². The Labute approximate surface area is 92.2 Å². The number of rotatable bonds is 1. The molecule has 15 heavy (non-hydrogen) atoms. The SMILES string of the molecule is [B]c1cc(F)ccc1C1N[C@H](C)[C@@H](P)O1. The maximum Gasteiger partial charge on any atom is 0.134 e. The van der Waals surface area contributed by atoms with Gasteiger partial charge in [0.1, 0.15) is 19.9 Å². The number of hydrogen-bond acceptors (Lipinski definition) is 2. The molecule has 1 aromatic carbocycles. The van der Waals surface area contributed by atoms with Gasteiger partial charge < -0.3 is 4.74 Å². The highest BCUT2D eigenvalue weighted by atomic mass is 31.0. The molecule has 1 aliphatic heterocycles. The van der Waals surface area contributed by atoms with Crippen LogP contribution in [0.1, 0.15) is 18.7 Å². The first-order valence-corrected chi connectivity index (χ1v) is 5.46. The normalized spacial score (nSPS) is 30.7. The number of halogens is 1. The van der Waals surface area contributed by atoms with Gasteiger partial charge in [-0.15, -0.1) is 9.24 Å². The van der Waals surface area contributed by atoms with Crippen molar-refractivity contribution in [3.8, 4) is 0 Å². The van der Waals surface area contributed by atoms with Gasteiger partial charge in [-0.3, -0.25) is 5.32 Å². The highest BCUT2D eigenvalue weighted by molar-refractivity contribution is 7.17. The van der Waals surface area contributed by atoms with Crippen molar-refractivity contribution < 1.29 is 9.13 Å². The third kappa shape index (κ3) is 2.22. The van der Waals surface area contributed by atoms with Crippen LogP contribution in [0.15, 0.2) is 18.2 Å². The lowest BCUT2D eigenvalue weighted by molar-refractivity contribution is 0.0832. The summed E-state index contributed by atoms with van der Waals surface area (Å²) >= 11 is 0. The van der Waals surface area contributed by atoms with E-state index < -0.39 is 0 Å². The topological polar surface area (TPSA) is 21.3 Å². The van der Waals surface area contributed by atoms with E-state index in [-0.39, 0.29) is 23.9 Å². The van der Waals surface area contributed by atoms with E-state index in [9.17, 15) is 4.39 Å². The maximum absolute atomic E-state index is 12.8. The molecular weight excluding hydrogens is 211 g/mol. The van der Waals surface area contributed by atoms with Gasteiger partial charge >= 0.3 is 0 Å². The van der Waals surface area contributed by atoms with Crippen molar-refractivity contribution in [2.24, 2.45) is 0 Å². The Morgan fingerprint density at radius 1 is 1.53 bits per heavy atom. The fourth-order valence-electron chi connectivity index (χ4n) is 1.60. The molecule has 4 atom stereocenters. The predicted molar refractivity (Wildman–Crippen MR) is 61.7 cm³/mol. The van der Waals surface area contributed by atoms with E-state index in [4.69, 9.17) is 12.6 Å². The third-order valence-electron chi connectivity index (χ3n) is 2.53. The van der Waals surface area contributed by atoms with Crippen molar-refractivity contribution in [1.29, 1.82) is 0 Å². The Kier molecular flexibility index (Phi) is 3.10. The van der Waals surface area contributed by atoms with Crippen LogP contribution in [-0.4, -0.2) is 19.7 Å². The van der Waals surface area contributed by atoms with Crippen LogP contribution in [0.5, 0.6) is 0 Å². The van der Waals surface area contributed by atoms with Gasteiger partial charge in [0, 0.05) is 6.04 Å². The molecule has 1 N–H and O–H groups in total. The van der Waals surface area contributed by atoms with Crippen LogP contribution < -0.4 is 10.8 Å². The van der Waals surface area contributed by atoms with Gasteiger partial charge in [0.25, 0.3) is 0 Å². The second-order valence-electron chi connectivity index (χ2n) is 3.71. The molecule has 5 heteroatoms. The van der Waals surface area contributed by atoms with Gasteiger partial charge in [0.2, 0.25) is 0 Å². The second kappa shape index (κ2) is 4.21. The zero-order valence-electron chi connectivity index (χ0n) is 8.41. The van der Waals surface area contributed by atoms with Gasteiger partial charge in [-0.1, -0.05) is 11.5 Å². The lowest BCUT2D eigenvalue weighted by Gasteiger charge is -2.14. The van der Waals surface area contributed by atoms with E-state index in [0.717, 1.165) is 5.56 Å². The number of benzene rings is 1. The smallest absolute Gasteiger partial charge is 0.134 e. The lowest BCUT2D eigenvalue weighted by Crippen LogP contribution is -2.27. The summed E-state index contributed by atoms with van der Waals surface area (Å²) in [6.45, 7) is 2.03. The first-order valence-electron chi connectivity index (χ1n) is 4.80. The Hall–Kier alpha value is -0.435. The number of nitrogens with one attached hydrogen (secondary N) is 1. The molecule has 1 aliphatic rings. The van der Waals surface area contributed by atoms with Gasteiger partial charge in [0.05, 0.1) is 5.85 Å². The monoisotopic (exact) mass is 223 g/mol. The minimum Gasteiger partial charge on any atom is -0.350 e. The van der Waals surface area contributed by atoms with Crippen LogP contribution in [0.3, 0.4) is 0 Å². The standard InChI is InChI=1S/C10H12BFNOP/c1-5-10(15)14-9(13-5)7-3-2-6(12)4-8(7)11/h2-5,9-10,13H,15H2,1H3/t5-,9?,10-/m1/s1. The van der Waals surface area contributed by atoms with E-state index in [1.165, 1.54) is 12.1 Å². The summed E-state index contributed by atoms with van der Waals surface area (Å²) in [5, 5.41) is 3.23. The molecule has 0 spiro atoms. The molecule has 1 saturated heterocycles. The number of hydrogen-bond donors (Lipinski definition) is 1. The zero-order chi connectivity index (χ0) is 11.0. The molecule has 1 fully saturated rings. The van der Waals surface area contributed by atoms with Crippen LogP contribution >= 0.6 is 9.24 Å². The Balaban J connectivity index is 2.24. The fraction of sp³-hybridized carbons (Fsp3) is 0.400. The summed E-state index contributed by atoms with van der Waals surface area (Å²) in [5.74, 6) is -0.274. The van der Waals surface area contributed by atoms with Crippen molar-refractivity contribution in [3.63, 3.8) is 0 Å². The van der Waals surface area contributed by atoms with Crippen molar-refractivity contribution in [1.82, 2.24) is 5.32 Å². The van der Waals surface area contributed by atoms with Crippen LogP contribution in [0, 0.1) is 5.82 Å². The Bertz CT molecular complexity index is 366. The van der Waals surface area contributed by atoms with Crippen molar-refractivity contribution in [2.45, 2.75) is 25.0 Å². The fourth-order valence-corrected chi connectivity index (χ4v) is 1.86. The summed E-state index contributed by atoms with van der Waals surface area (Å²) in [6, 6.07) is 4.58. The second-order valence-corrected chi connectivity index (χ2v) is 4.37. The summed E-state index contributed by atoms with van der Waals surface area (Å²) < 4.78 is 18.5.